The molecule has 0 heterocycles. The van der Waals surface area contributed by atoms with E-state index >= 15 is 0 Å². The number of ether oxygens (including phenoxy) is 1. The van der Waals surface area contributed by atoms with Gasteiger partial charge in [0, 0.05) is 24.5 Å². The molecular formula is C18H25F2N3O2. The predicted octanol–water partition coefficient (Wildman–Crippen LogP) is 3.71. The largest absolute Gasteiger partial charge is 0.428 e. The van der Waals surface area contributed by atoms with Gasteiger partial charge in [0.15, 0.2) is 11.4 Å². The molecule has 0 aliphatic carbocycles. The van der Waals surface area contributed by atoms with Crippen LogP contribution in [-0.4, -0.2) is 36.8 Å². The van der Waals surface area contributed by atoms with Crippen LogP contribution >= 0.6 is 0 Å². The SMILES string of the molecule is C=Nc1c(OC(F)(F)C(C)(C)O)ccc(C(N)=CC=NC)c1CCC. The van der Waals surface area contributed by atoms with E-state index in [1.807, 2.05) is 6.92 Å². The van der Waals surface area contributed by atoms with Gasteiger partial charge in [-0.3, -0.25) is 9.98 Å². The molecule has 0 aromatic heterocycles. The van der Waals surface area contributed by atoms with E-state index in [0.29, 0.717) is 23.2 Å². The van der Waals surface area contributed by atoms with Crippen LogP contribution in [0.25, 0.3) is 5.70 Å². The zero-order valence-corrected chi connectivity index (χ0v) is 15.0. The summed E-state index contributed by atoms with van der Waals surface area (Å²) in [6.45, 7) is 7.36. The first-order chi connectivity index (χ1) is 11.6. The predicted molar refractivity (Wildman–Crippen MR) is 98.1 cm³/mol. The quantitative estimate of drug-likeness (QED) is 0.699. The molecule has 0 bridgehead atoms. The van der Waals surface area contributed by atoms with Gasteiger partial charge in [-0.05, 0) is 50.8 Å². The summed E-state index contributed by atoms with van der Waals surface area (Å²) in [7, 11) is 1.61. The van der Waals surface area contributed by atoms with Crippen LogP contribution in [0.15, 0.2) is 28.2 Å². The van der Waals surface area contributed by atoms with Crippen LogP contribution in [0.2, 0.25) is 0 Å². The third-order valence-corrected chi connectivity index (χ3v) is 3.57. The number of rotatable bonds is 8. The fraction of sp³-hybridized carbons (Fsp3) is 0.444. The summed E-state index contributed by atoms with van der Waals surface area (Å²) in [5, 5.41) is 9.62. The van der Waals surface area contributed by atoms with Crippen molar-refractivity contribution in [2.24, 2.45) is 15.7 Å². The van der Waals surface area contributed by atoms with Crippen LogP contribution in [0.1, 0.15) is 38.3 Å². The van der Waals surface area contributed by atoms with Gasteiger partial charge < -0.3 is 15.6 Å². The van der Waals surface area contributed by atoms with E-state index in [1.165, 1.54) is 6.07 Å². The van der Waals surface area contributed by atoms with E-state index in [1.54, 1.807) is 25.4 Å². The second-order valence-electron chi connectivity index (χ2n) is 6.05. The number of nitrogens with two attached hydrogens (primary N) is 1. The number of allylic oxidation sites excluding steroid dienone is 1. The first kappa shape index (κ1) is 20.8. The molecule has 25 heavy (non-hydrogen) atoms. The Morgan fingerprint density at radius 2 is 2.04 bits per heavy atom. The highest BCUT2D eigenvalue weighted by Gasteiger charge is 2.49. The van der Waals surface area contributed by atoms with Crippen molar-refractivity contribution in [3.05, 3.63) is 29.3 Å². The molecule has 0 radical (unpaired) electrons. The monoisotopic (exact) mass is 353 g/mol. The lowest BCUT2D eigenvalue weighted by Gasteiger charge is -2.29. The van der Waals surface area contributed by atoms with Crippen LogP contribution < -0.4 is 10.5 Å². The van der Waals surface area contributed by atoms with Crippen molar-refractivity contribution >= 4 is 24.3 Å². The number of halogens is 2. The van der Waals surface area contributed by atoms with Gasteiger partial charge in [0.05, 0.1) is 0 Å². The third kappa shape index (κ3) is 4.85. The van der Waals surface area contributed by atoms with E-state index in [0.717, 1.165) is 20.3 Å². The first-order valence-corrected chi connectivity index (χ1v) is 7.89. The number of aliphatic hydroxyl groups is 1. The molecule has 138 valence electrons. The normalized spacial score (nSPS) is 13.3. The zero-order valence-electron chi connectivity index (χ0n) is 15.0. The van der Waals surface area contributed by atoms with Gasteiger partial charge in [-0.1, -0.05) is 13.3 Å². The maximum atomic E-state index is 14.1. The molecule has 0 amide bonds. The number of nitrogens with zero attached hydrogens (tertiary/aromatic N) is 2. The van der Waals surface area contributed by atoms with Gasteiger partial charge in [0.25, 0.3) is 0 Å². The molecule has 5 nitrogen and oxygen atoms in total. The van der Waals surface area contributed by atoms with Crippen molar-refractivity contribution in [1.82, 2.24) is 0 Å². The van der Waals surface area contributed by atoms with E-state index in [9.17, 15) is 13.9 Å². The molecule has 1 aromatic carbocycles. The summed E-state index contributed by atoms with van der Waals surface area (Å²) in [4.78, 5) is 7.72. The van der Waals surface area contributed by atoms with Crippen LogP contribution in [0.5, 0.6) is 5.75 Å². The molecule has 0 saturated carbocycles. The Morgan fingerprint density at radius 3 is 2.52 bits per heavy atom. The molecule has 3 N–H and O–H groups in total. The molecule has 0 aliphatic heterocycles. The smallest absolute Gasteiger partial charge is 0.426 e. The Labute approximate surface area is 146 Å². The topological polar surface area (TPSA) is 80.2 Å². The number of alkyl halides is 2. The summed E-state index contributed by atoms with van der Waals surface area (Å²) in [5.41, 5.74) is 5.63. The minimum atomic E-state index is -3.80. The van der Waals surface area contributed by atoms with Crippen molar-refractivity contribution in [2.75, 3.05) is 7.05 Å². The molecule has 0 unspecified atom stereocenters. The summed E-state index contributed by atoms with van der Waals surface area (Å²) in [6, 6.07) is 2.94. The highest BCUT2D eigenvalue weighted by atomic mass is 19.3. The first-order valence-electron chi connectivity index (χ1n) is 7.89. The molecule has 0 saturated heterocycles. The van der Waals surface area contributed by atoms with E-state index in [4.69, 9.17) is 10.5 Å². The molecule has 0 fully saturated rings. The lowest BCUT2D eigenvalue weighted by molar-refractivity contribution is -0.276. The average molecular weight is 353 g/mol. The van der Waals surface area contributed by atoms with Gasteiger partial charge in [-0.15, -0.1) is 0 Å². The van der Waals surface area contributed by atoms with Crippen LogP contribution in [-0.2, 0) is 6.42 Å². The fourth-order valence-corrected chi connectivity index (χ4v) is 2.15. The van der Waals surface area contributed by atoms with Crippen molar-refractivity contribution in [1.29, 1.82) is 0 Å². The number of hydrogen-bond donors (Lipinski definition) is 2. The standard InChI is InChI=1S/C18H25F2N3O2/c1-6-7-13-12(14(21)10-11-22-4)8-9-15(16(13)23-5)25-18(19,20)17(2,3)24/h8-11,24H,5-7,21H2,1-4H3. The molecule has 1 aromatic rings. The second kappa shape index (κ2) is 8.20. The molecular weight excluding hydrogens is 328 g/mol. The molecule has 0 aliphatic rings. The van der Waals surface area contributed by atoms with Crippen molar-refractivity contribution in [2.45, 2.75) is 45.3 Å². The van der Waals surface area contributed by atoms with Gasteiger partial charge in [0.2, 0.25) is 0 Å². The number of benzene rings is 1. The summed E-state index contributed by atoms with van der Waals surface area (Å²) >= 11 is 0. The van der Waals surface area contributed by atoms with E-state index < -0.39 is 11.7 Å². The average Bonchev–Trinajstić information content (AvgIpc) is 2.51. The van der Waals surface area contributed by atoms with Gasteiger partial charge in [-0.2, -0.15) is 8.78 Å². The maximum absolute atomic E-state index is 14.1. The van der Waals surface area contributed by atoms with Crippen LogP contribution in [0.3, 0.4) is 0 Å². The van der Waals surface area contributed by atoms with Gasteiger partial charge in [-0.25, -0.2) is 0 Å². The Balaban J connectivity index is 3.49. The minimum Gasteiger partial charge on any atom is -0.428 e. The van der Waals surface area contributed by atoms with Crippen molar-refractivity contribution in [3.63, 3.8) is 0 Å². The van der Waals surface area contributed by atoms with E-state index in [2.05, 4.69) is 16.7 Å². The Kier molecular flexibility index (Phi) is 6.81. The highest BCUT2D eigenvalue weighted by molar-refractivity contribution is 5.85. The maximum Gasteiger partial charge on any atom is 0.426 e. The molecule has 7 heteroatoms. The lowest BCUT2D eigenvalue weighted by Crippen LogP contribution is -2.47. The van der Waals surface area contributed by atoms with E-state index in [-0.39, 0.29) is 11.4 Å². The number of hydrogen-bond acceptors (Lipinski definition) is 5. The highest BCUT2D eigenvalue weighted by Crippen LogP contribution is 2.40. The second-order valence-corrected chi connectivity index (χ2v) is 6.05. The molecule has 1 rings (SSSR count). The Bertz CT molecular complexity index is 678. The Hall–Kier alpha value is -2.28. The minimum absolute atomic E-state index is 0.161. The van der Waals surface area contributed by atoms with Gasteiger partial charge >= 0.3 is 6.11 Å². The van der Waals surface area contributed by atoms with Crippen molar-refractivity contribution in [3.8, 4) is 5.75 Å². The third-order valence-electron chi connectivity index (χ3n) is 3.57. The van der Waals surface area contributed by atoms with Gasteiger partial charge in [0.1, 0.15) is 5.69 Å². The number of aliphatic imine (C=N–C) groups is 2. The summed E-state index contributed by atoms with van der Waals surface area (Å²) in [5.74, 6) is -0.161. The van der Waals surface area contributed by atoms with Crippen LogP contribution in [0, 0.1) is 0 Å². The zero-order chi connectivity index (χ0) is 19.3. The summed E-state index contributed by atoms with van der Waals surface area (Å²) in [6.07, 6.45) is 0.655. The summed E-state index contributed by atoms with van der Waals surface area (Å²) < 4.78 is 33.0. The Morgan fingerprint density at radius 1 is 1.40 bits per heavy atom. The van der Waals surface area contributed by atoms with Crippen LogP contribution in [0.4, 0.5) is 14.5 Å². The lowest BCUT2D eigenvalue weighted by atomic mass is 9.97. The van der Waals surface area contributed by atoms with Crippen molar-refractivity contribution < 1.29 is 18.6 Å². The molecule has 0 atom stereocenters. The molecule has 0 spiro atoms. The fourth-order valence-electron chi connectivity index (χ4n) is 2.15.